The van der Waals surface area contributed by atoms with E-state index in [4.69, 9.17) is 10.5 Å². The second kappa shape index (κ2) is 5.33. The Labute approximate surface area is 121 Å². The molecule has 1 saturated carbocycles. The fourth-order valence-corrected chi connectivity index (χ4v) is 2.80. The van der Waals surface area contributed by atoms with Crippen LogP contribution >= 0.6 is 0 Å². The molecule has 21 heavy (non-hydrogen) atoms. The van der Waals surface area contributed by atoms with Crippen molar-refractivity contribution < 1.29 is 14.5 Å². The summed E-state index contributed by atoms with van der Waals surface area (Å²) in [6, 6.07) is 3.94. The molecule has 1 aliphatic heterocycles. The average Bonchev–Trinajstić information content (AvgIpc) is 3.19. The number of nitro benzene ring substituents is 1. The number of nitrogen functional groups attached to an aromatic ring is 1. The molecule has 1 saturated heterocycles. The maximum absolute atomic E-state index is 12.3. The molecule has 3 rings (SSSR count). The van der Waals surface area contributed by atoms with E-state index in [1.807, 2.05) is 0 Å². The van der Waals surface area contributed by atoms with Gasteiger partial charge in [-0.15, -0.1) is 0 Å². The van der Waals surface area contributed by atoms with Crippen molar-refractivity contribution in [2.45, 2.75) is 31.4 Å². The highest BCUT2D eigenvalue weighted by Crippen LogP contribution is 2.38. The van der Waals surface area contributed by atoms with Crippen LogP contribution < -0.4 is 11.1 Å². The molecule has 0 bridgehead atoms. The first kappa shape index (κ1) is 13.8. The highest BCUT2D eigenvalue weighted by molar-refractivity contribution is 5.99. The van der Waals surface area contributed by atoms with E-state index >= 15 is 0 Å². The van der Waals surface area contributed by atoms with E-state index in [2.05, 4.69) is 5.32 Å². The first-order valence-corrected chi connectivity index (χ1v) is 7.02. The van der Waals surface area contributed by atoms with Gasteiger partial charge in [0.05, 0.1) is 17.1 Å². The number of carbonyl (C=O) groups excluding carboxylic acids is 1. The number of benzene rings is 1. The van der Waals surface area contributed by atoms with Crippen LogP contribution in [0.25, 0.3) is 0 Å². The molecule has 2 fully saturated rings. The Morgan fingerprint density at radius 1 is 1.38 bits per heavy atom. The first-order chi connectivity index (χ1) is 10.1. The summed E-state index contributed by atoms with van der Waals surface area (Å²) in [5, 5.41) is 13.9. The molecule has 2 aliphatic rings. The SMILES string of the molecule is Nc1ccc([N+](=O)[O-])c(C(=O)NC2CCOC2C2CC2)c1. The van der Waals surface area contributed by atoms with Crippen LogP contribution in [0.3, 0.4) is 0 Å². The first-order valence-electron chi connectivity index (χ1n) is 7.02. The van der Waals surface area contributed by atoms with Crippen LogP contribution in [0.5, 0.6) is 0 Å². The summed E-state index contributed by atoms with van der Waals surface area (Å²) in [5.41, 5.74) is 5.73. The summed E-state index contributed by atoms with van der Waals surface area (Å²) in [7, 11) is 0. The van der Waals surface area contributed by atoms with Gasteiger partial charge in [-0.25, -0.2) is 0 Å². The van der Waals surface area contributed by atoms with Gasteiger partial charge in [0.2, 0.25) is 0 Å². The van der Waals surface area contributed by atoms with E-state index < -0.39 is 10.8 Å². The number of nitrogens with two attached hydrogens (primary N) is 1. The van der Waals surface area contributed by atoms with Crippen molar-refractivity contribution in [2.75, 3.05) is 12.3 Å². The molecular formula is C14H17N3O4. The number of amides is 1. The number of anilines is 1. The maximum Gasteiger partial charge on any atom is 0.282 e. The molecule has 0 spiro atoms. The van der Waals surface area contributed by atoms with E-state index in [9.17, 15) is 14.9 Å². The van der Waals surface area contributed by atoms with Crippen LogP contribution in [0.4, 0.5) is 11.4 Å². The third kappa shape index (κ3) is 2.82. The fraction of sp³-hybridized carbons (Fsp3) is 0.500. The predicted molar refractivity (Wildman–Crippen MR) is 75.8 cm³/mol. The van der Waals surface area contributed by atoms with Crippen molar-refractivity contribution >= 4 is 17.3 Å². The van der Waals surface area contributed by atoms with E-state index in [0.29, 0.717) is 18.2 Å². The number of nitro groups is 1. The van der Waals surface area contributed by atoms with Gasteiger partial charge in [-0.1, -0.05) is 0 Å². The number of hydrogen-bond acceptors (Lipinski definition) is 5. The Kier molecular flexibility index (Phi) is 3.50. The third-order valence-electron chi connectivity index (χ3n) is 4.00. The summed E-state index contributed by atoms with van der Waals surface area (Å²) in [5.74, 6) is 0.0452. The minimum atomic E-state index is -0.572. The van der Waals surface area contributed by atoms with Gasteiger partial charge in [-0.05, 0) is 37.3 Å². The van der Waals surface area contributed by atoms with Gasteiger partial charge in [-0.3, -0.25) is 14.9 Å². The summed E-state index contributed by atoms with van der Waals surface area (Å²) >= 11 is 0. The van der Waals surface area contributed by atoms with Crippen LogP contribution in [0.2, 0.25) is 0 Å². The summed E-state index contributed by atoms with van der Waals surface area (Å²) < 4.78 is 5.65. The smallest absolute Gasteiger partial charge is 0.282 e. The van der Waals surface area contributed by atoms with Crippen molar-refractivity contribution in [3.63, 3.8) is 0 Å². The van der Waals surface area contributed by atoms with Crippen molar-refractivity contribution in [3.8, 4) is 0 Å². The second-order valence-electron chi connectivity index (χ2n) is 5.58. The number of nitrogens with zero attached hydrogens (tertiary/aromatic N) is 1. The lowest BCUT2D eigenvalue weighted by Crippen LogP contribution is -2.41. The van der Waals surface area contributed by atoms with Crippen molar-refractivity contribution in [2.24, 2.45) is 5.92 Å². The number of nitrogens with one attached hydrogen (secondary N) is 1. The molecule has 2 atom stereocenters. The normalized spacial score (nSPS) is 24.8. The second-order valence-corrected chi connectivity index (χ2v) is 5.58. The lowest BCUT2D eigenvalue weighted by atomic mass is 10.0. The average molecular weight is 291 g/mol. The van der Waals surface area contributed by atoms with Crippen LogP contribution in [-0.4, -0.2) is 29.6 Å². The molecule has 2 unspecified atom stereocenters. The van der Waals surface area contributed by atoms with Gasteiger partial charge in [0.1, 0.15) is 5.56 Å². The summed E-state index contributed by atoms with van der Waals surface area (Å²) in [6.07, 6.45) is 3.02. The molecule has 1 aromatic rings. The molecule has 0 radical (unpaired) electrons. The molecule has 3 N–H and O–H groups in total. The van der Waals surface area contributed by atoms with Gasteiger partial charge in [0.25, 0.3) is 11.6 Å². The van der Waals surface area contributed by atoms with E-state index in [-0.39, 0.29) is 23.4 Å². The Morgan fingerprint density at radius 3 is 2.81 bits per heavy atom. The summed E-state index contributed by atoms with van der Waals surface area (Å²) in [6.45, 7) is 0.616. The Bertz CT molecular complexity index is 586. The van der Waals surface area contributed by atoms with Gasteiger partial charge in [0.15, 0.2) is 0 Å². The highest BCUT2D eigenvalue weighted by Gasteiger charge is 2.41. The summed E-state index contributed by atoms with van der Waals surface area (Å²) in [4.78, 5) is 22.8. The highest BCUT2D eigenvalue weighted by atomic mass is 16.6. The molecule has 1 aromatic carbocycles. The van der Waals surface area contributed by atoms with E-state index in [0.717, 1.165) is 19.3 Å². The molecule has 7 heteroatoms. The van der Waals surface area contributed by atoms with Gasteiger partial charge >= 0.3 is 0 Å². The number of hydrogen-bond donors (Lipinski definition) is 2. The molecule has 7 nitrogen and oxygen atoms in total. The molecular weight excluding hydrogens is 274 g/mol. The Morgan fingerprint density at radius 2 is 2.14 bits per heavy atom. The zero-order chi connectivity index (χ0) is 15.0. The zero-order valence-corrected chi connectivity index (χ0v) is 11.5. The van der Waals surface area contributed by atoms with Crippen molar-refractivity contribution in [1.82, 2.24) is 5.32 Å². The maximum atomic E-state index is 12.3. The van der Waals surface area contributed by atoms with Crippen LogP contribution in [0, 0.1) is 16.0 Å². The monoisotopic (exact) mass is 291 g/mol. The minimum absolute atomic E-state index is 0.00134. The third-order valence-corrected chi connectivity index (χ3v) is 4.00. The molecule has 0 aromatic heterocycles. The van der Waals surface area contributed by atoms with E-state index in [1.54, 1.807) is 0 Å². The van der Waals surface area contributed by atoms with Gasteiger partial charge < -0.3 is 15.8 Å². The van der Waals surface area contributed by atoms with Crippen LogP contribution in [0.15, 0.2) is 18.2 Å². The van der Waals surface area contributed by atoms with Crippen LogP contribution in [0.1, 0.15) is 29.6 Å². The predicted octanol–water partition coefficient (Wildman–Crippen LogP) is 1.47. The Balaban J connectivity index is 1.78. The topological polar surface area (TPSA) is 107 Å². The molecule has 1 aliphatic carbocycles. The van der Waals surface area contributed by atoms with E-state index in [1.165, 1.54) is 18.2 Å². The number of rotatable bonds is 4. The molecule has 1 amide bonds. The lowest BCUT2D eigenvalue weighted by Gasteiger charge is -2.19. The molecule has 112 valence electrons. The van der Waals surface area contributed by atoms with Crippen LogP contribution in [-0.2, 0) is 4.74 Å². The number of carbonyl (C=O) groups is 1. The largest absolute Gasteiger partial charge is 0.399 e. The zero-order valence-electron chi connectivity index (χ0n) is 11.5. The van der Waals surface area contributed by atoms with Crippen molar-refractivity contribution in [3.05, 3.63) is 33.9 Å². The number of ether oxygens (including phenoxy) is 1. The fourth-order valence-electron chi connectivity index (χ4n) is 2.80. The van der Waals surface area contributed by atoms with Gasteiger partial charge in [-0.2, -0.15) is 0 Å². The molecule has 1 heterocycles. The Hall–Kier alpha value is -2.15. The quantitative estimate of drug-likeness (QED) is 0.496. The minimum Gasteiger partial charge on any atom is -0.399 e. The lowest BCUT2D eigenvalue weighted by molar-refractivity contribution is -0.385. The van der Waals surface area contributed by atoms with Crippen molar-refractivity contribution in [1.29, 1.82) is 0 Å². The standard InChI is InChI=1S/C14H17N3O4/c15-9-3-4-12(17(19)20)10(7-9)14(18)16-11-5-6-21-13(11)8-1-2-8/h3-4,7-8,11,13H,1-2,5-6,15H2,(H,16,18). The van der Waals surface area contributed by atoms with Gasteiger partial charge in [0, 0.05) is 18.4 Å².